The first-order chi connectivity index (χ1) is 12.9. The maximum atomic E-state index is 15.8. The second-order valence-electron chi connectivity index (χ2n) is 6.48. The van der Waals surface area contributed by atoms with Crippen LogP contribution in [0.25, 0.3) is 0 Å². The highest BCUT2D eigenvalue weighted by Crippen LogP contribution is 2.37. The minimum atomic E-state index is -2.88. The van der Waals surface area contributed by atoms with Gasteiger partial charge >= 0.3 is 0 Å². The maximum Gasteiger partial charge on any atom is 0.288 e. The average Bonchev–Trinajstić information content (AvgIpc) is 2.95. The summed E-state index contributed by atoms with van der Waals surface area (Å²) in [4.78, 5) is 51.9. The van der Waals surface area contributed by atoms with Gasteiger partial charge in [-0.05, 0) is 30.7 Å². The van der Waals surface area contributed by atoms with E-state index in [-0.39, 0.29) is 36.1 Å². The molecule has 0 saturated carbocycles. The lowest BCUT2D eigenvalue weighted by atomic mass is 9.99. The first kappa shape index (κ1) is 17.1. The molecule has 0 spiro atoms. The van der Waals surface area contributed by atoms with E-state index in [1.807, 2.05) is 0 Å². The first-order valence-electron chi connectivity index (χ1n) is 8.53. The molecule has 136 valence electrons. The van der Waals surface area contributed by atoms with Gasteiger partial charge in [-0.2, -0.15) is 0 Å². The number of hydrogen-bond donors (Lipinski definition) is 0. The third-order valence-electron chi connectivity index (χ3n) is 4.88. The molecule has 1 fully saturated rings. The van der Waals surface area contributed by atoms with Crippen molar-refractivity contribution in [2.24, 2.45) is 0 Å². The number of likely N-dealkylation sites (tertiary alicyclic amines) is 1. The van der Waals surface area contributed by atoms with Gasteiger partial charge in [0, 0.05) is 18.5 Å². The molecular formula is C20H15FN2O4. The molecule has 0 aromatic heterocycles. The van der Waals surface area contributed by atoms with Crippen LogP contribution in [0.3, 0.4) is 0 Å². The second kappa shape index (κ2) is 6.12. The van der Waals surface area contributed by atoms with Gasteiger partial charge < -0.3 is 0 Å². The summed E-state index contributed by atoms with van der Waals surface area (Å²) in [5.41, 5.74) is 0.343. The number of piperidine rings is 1. The van der Waals surface area contributed by atoms with Crippen molar-refractivity contribution in [3.63, 3.8) is 0 Å². The Balaban J connectivity index is 1.69. The summed E-state index contributed by atoms with van der Waals surface area (Å²) in [6.07, 6.45) is -0.190. The van der Waals surface area contributed by atoms with Crippen LogP contribution in [0.2, 0.25) is 0 Å². The lowest BCUT2D eigenvalue weighted by Crippen LogP contribution is -2.62. The third-order valence-corrected chi connectivity index (χ3v) is 4.88. The molecular weight excluding hydrogens is 351 g/mol. The van der Waals surface area contributed by atoms with Crippen LogP contribution in [0, 0.1) is 0 Å². The van der Waals surface area contributed by atoms with E-state index in [1.54, 1.807) is 30.3 Å². The maximum absolute atomic E-state index is 15.8. The molecule has 4 amide bonds. The van der Waals surface area contributed by atoms with Crippen LogP contribution in [-0.2, 0) is 4.79 Å². The Kier molecular flexibility index (Phi) is 3.87. The van der Waals surface area contributed by atoms with Crippen LogP contribution in [0.15, 0.2) is 54.6 Å². The Hall–Kier alpha value is -3.35. The lowest BCUT2D eigenvalue weighted by molar-refractivity contribution is -0.155. The Morgan fingerprint density at radius 2 is 1.44 bits per heavy atom. The van der Waals surface area contributed by atoms with Gasteiger partial charge in [-0.15, -0.1) is 0 Å². The quantitative estimate of drug-likeness (QED) is 0.604. The number of benzene rings is 2. The number of hydrogen-bond acceptors (Lipinski definition) is 4. The highest BCUT2D eigenvalue weighted by atomic mass is 19.1. The number of amides is 4. The van der Waals surface area contributed by atoms with Gasteiger partial charge in [0.05, 0.1) is 11.1 Å². The Bertz CT molecular complexity index is 940. The zero-order valence-electron chi connectivity index (χ0n) is 14.2. The van der Waals surface area contributed by atoms with Crippen molar-refractivity contribution < 1.29 is 23.6 Å². The van der Waals surface area contributed by atoms with E-state index in [4.69, 9.17) is 0 Å². The van der Waals surface area contributed by atoms with Crippen LogP contribution in [0.4, 0.5) is 4.39 Å². The lowest BCUT2D eigenvalue weighted by Gasteiger charge is -2.39. The molecule has 1 atom stereocenters. The summed E-state index contributed by atoms with van der Waals surface area (Å²) in [5.74, 6) is -6.44. The summed E-state index contributed by atoms with van der Waals surface area (Å²) >= 11 is 0. The summed E-state index contributed by atoms with van der Waals surface area (Å²) < 4.78 is 15.8. The van der Waals surface area contributed by atoms with Crippen molar-refractivity contribution in [2.75, 3.05) is 6.54 Å². The summed E-state index contributed by atoms with van der Waals surface area (Å²) in [6.45, 7) is 0.0292. The fourth-order valence-corrected chi connectivity index (χ4v) is 3.54. The smallest absolute Gasteiger partial charge is 0.274 e. The Morgan fingerprint density at radius 3 is 2.04 bits per heavy atom. The summed E-state index contributed by atoms with van der Waals surface area (Å²) in [7, 11) is 0. The molecule has 2 aromatic carbocycles. The largest absolute Gasteiger partial charge is 0.288 e. The summed E-state index contributed by atoms with van der Waals surface area (Å²) in [5, 5.41) is 0. The molecule has 6 nitrogen and oxygen atoms in total. The van der Waals surface area contributed by atoms with Gasteiger partial charge in [0.2, 0.25) is 0 Å². The third kappa shape index (κ3) is 2.46. The molecule has 2 aromatic rings. The van der Waals surface area contributed by atoms with E-state index >= 15 is 4.39 Å². The van der Waals surface area contributed by atoms with E-state index in [0.29, 0.717) is 4.90 Å². The normalized spacial score (nSPS) is 22.2. The number of nitrogens with zero attached hydrogens (tertiary/aromatic N) is 2. The molecule has 1 unspecified atom stereocenters. The van der Waals surface area contributed by atoms with E-state index < -0.39 is 29.4 Å². The average molecular weight is 366 g/mol. The number of fused-ring (bicyclic) bond motifs is 1. The van der Waals surface area contributed by atoms with Gasteiger partial charge in [-0.25, -0.2) is 9.29 Å². The Labute approximate surface area is 154 Å². The first-order valence-corrected chi connectivity index (χ1v) is 8.53. The highest BCUT2D eigenvalue weighted by Gasteiger charge is 2.58. The highest BCUT2D eigenvalue weighted by molar-refractivity contribution is 6.24. The van der Waals surface area contributed by atoms with E-state index in [9.17, 15) is 19.2 Å². The number of carbonyl (C=O) groups is 4. The standard InChI is InChI=1S/C20H15FN2O4/c21-20(23-17(25)14-9-4-5-10-15(14)18(23)26)11-6-12-22(19(20)27)16(24)13-7-2-1-3-8-13/h1-5,7-10H,6,11-12H2. The number of imide groups is 2. The van der Waals surface area contributed by atoms with Crippen LogP contribution in [0.1, 0.15) is 43.9 Å². The van der Waals surface area contributed by atoms with Crippen molar-refractivity contribution in [1.82, 2.24) is 9.80 Å². The minimum absolute atomic E-state index is 0.0292. The van der Waals surface area contributed by atoms with Crippen molar-refractivity contribution >= 4 is 23.6 Å². The molecule has 2 aliphatic heterocycles. The fourth-order valence-electron chi connectivity index (χ4n) is 3.54. The monoisotopic (exact) mass is 366 g/mol. The van der Waals surface area contributed by atoms with Gasteiger partial charge in [-0.1, -0.05) is 30.3 Å². The van der Waals surface area contributed by atoms with E-state index in [2.05, 4.69) is 0 Å². The Morgan fingerprint density at radius 1 is 0.889 bits per heavy atom. The molecule has 2 aliphatic rings. The van der Waals surface area contributed by atoms with Crippen LogP contribution in [-0.4, -0.2) is 45.8 Å². The SMILES string of the molecule is O=C(c1ccccc1)N1CCCC(F)(N2C(=O)c3ccccc3C2=O)C1=O. The fraction of sp³-hybridized carbons (Fsp3) is 0.200. The molecule has 27 heavy (non-hydrogen) atoms. The molecule has 7 heteroatoms. The van der Waals surface area contributed by atoms with Gasteiger partial charge in [0.25, 0.3) is 29.4 Å². The number of carbonyl (C=O) groups excluding carboxylic acids is 4. The van der Waals surface area contributed by atoms with Crippen LogP contribution < -0.4 is 0 Å². The van der Waals surface area contributed by atoms with Gasteiger partial charge in [-0.3, -0.25) is 24.1 Å². The van der Waals surface area contributed by atoms with Crippen molar-refractivity contribution in [3.05, 3.63) is 71.3 Å². The molecule has 0 aliphatic carbocycles. The van der Waals surface area contributed by atoms with Gasteiger partial charge in [0.1, 0.15) is 0 Å². The van der Waals surface area contributed by atoms with E-state index in [0.717, 1.165) is 4.90 Å². The molecule has 0 radical (unpaired) electrons. The summed E-state index contributed by atoms with van der Waals surface area (Å²) in [6, 6.07) is 14.0. The van der Waals surface area contributed by atoms with Crippen molar-refractivity contribution in [1.29, 1.82) is 0 Å². The topological polar surface area (TPSA) is 74.8 Å². The van der Waals surface area contributed by atoms with Gasteiger partial charge in [0.15, 0.2) is 0 Å². The molecule has 0 N–H and O–H groups in total. The predicted molar refractivity (Wildman–Crippen MR) is 92.5 cm³/mol. The number of alkyl halides is 1. The van der Waals surface area contributed by atoms with Crippen molar-refractivity contribution in [3.8, 4) is 0 Å². The van der Waals surface area contributed by atoms with E-state index in [1.165, 1.54) is 24.3 Å². The number of halogens is 1. The van der Waals surface area contributed by atoms with Crippen molar-refractivity contribution in [2.45, 2.75) is 18.6 Å². The molecule has 4 rings (SSSR count). The van der Waals surface area contributed by atoms with Crippen LogP contribution >= 0.6 is 0 Å². The van der Waals surface area contributed by atoms with Crippen LogP contribution in [0.5, 0.6) is 0 Å². The molecule has 0 bridgehead atoms. The predicted octanol–water partition coefficient (Wildman–Crippen LogP) is 2.41. The molecule has 2 heterocycles. The minimum Gasteiger partial charge on any atom is -0.274 e. The zero-order chi connectivity index (χ0) is 19.2. The zero-order valence-corrected chi connectivity index (χ0v) is 14.2. The second-order valence-corrected chi connectivity index (χ2v) is 6.48. The molecule has 1 saturated heterocycles. The number of rotatable bonds is 2.